The van der Waals surface area contributed by atoms with Gasteiger partial charge < -0.3 is 4.79 Å². The van der Waals surface area contributed by atoms with Crippen LogP contribution in [0.2, 0.25) is 0 Å². The van der Waals surface area contributed by atoms with Crippen molar-refractivity contribution in [3.63, 3.8) is 0 Å². The molecule has 0 radical (unpaired) electrons. The maximum atomic E-state index is 10.0. The number of aldehydes is 1. The first-order chi connectivity index (χ1) is 5.84. The van der Waals surface area contributed by atoms with Crippen molar-refractivity contribution in [3.8, 4) is 0 Å². The molecule has 0 aromatic carbocycles. The Morgan fingerprint density at radius 1 is 1.58 bits per heavy atom. The van der Waals surface area contributed by atoms with Gasteiger partial charge in [0.25, 0.3) is 0 Å². The van der Waals surface area contributed by atoms with Crippen molar-refractivity contribution in [3.05, 3.63) is 34.6 Å². The second-order valence-electron chi connectivity index (χ2n) is 2.19. The number of hydrogen-bond acceptors (Lipinski definition) is 2. The highest BCUT2D eigenvalue weighted by molar-refractivity contribution is 9.10. The summed E-state index contributed by atoms with van der Waals surface area (Å²) in [5.41, 5.74) is 0.986. The van der Waals surface area contributed by atoms with Gasteiger partial charge in [-0.25, -0.2) is 4.98 Å². The Morgan fingerprint density at radius 2 is 2.42 bits per heavy atom. The van der Waals surface area contributed by atoms with Crippen molar-refractivity contribution >= 4 is 28.3 Å². The van der Waals surface area contributed by atoms with Crippen LogP contribution < -0.4 is 0 Å². The molecule has 0 atom stereocenters. The first-order valence-electron chi connectivity index (χ1n) is 3.55. The minimum Gasteiger partial charge on any atom is -0.303 e. The van der Waals surface area contributed by atoms with E-state index in [0.29, 0.717) is 6.42 Å². The minimum atomic E-state index is 0.446. The van der Waals surface area contributed by atoms with E-state index in [4.69, 9.17) is 0 Å². The van der Waals surface area contributed by atoms with Crippen LogP contribution in [-0.2, 0) is 4.79 Å². The number of hydrogen-bond donors (Lipinski definition) is 0. The number of rotatable bonds is 3. The van der Waals surface area contributed by atoms with Crippen LogP contribution >= 0.6 is 15.9 Å². The van der Waals surface area contributed by atoms with Crippen LogP contribution in [0, 0.1) is 0 Å². The molecule has 0 saturated heterocycles. The molecule has 0 fully saturated rings. The molecular formula is C9H8BrNO. The molecule has 0 aliphatic carbocycles. The zero-order valence-corrected chi connectivity index (χ0v) is 7.99. The van der Waals surface area contributed by atoms with E-state index in [2.05, 4.69) is 20.9 Å². The smallest absolute Gasteiger partial charge is 0.123 e. The van der Waals surface area contributed by atoms with Crippen LogP contribution in [0.15, 0.2) is 29.0 Å². The topological polar surface area (TPSA) is 30.0 Å². The minimum absolute atomic E-state index is 0.446. The summed E-state index contributed by atoms with van der Waals surface area (Å²) < 4.78 is 0.798. The Labute approximate surface area is 79.5 Å². The molecule has 1 heterocycles. The second kappa shape index (κ2) is 4.83. The van der Waals surface area contributed by atoms with Crippen molar-refractivity contribution in [1.29, 1.82) is 0 Å². The molecule has 0 aliphatic rings. The fraction of sp³-hybridized carbons (Fsp3) is 0.111. The number of halogens is 1. The van der Waals surface area contributed by atoms with Crippen LogP contribution in [0.4, 0.5) is 0 Å². The molecule has 3 heteroatoms. The fourth-order valence-electron chi connectivity index (χ4n) is 0.773. The van der Waals surface area contributed by atoms with Gasteiger partial charge in [-0.3, -0.25) is 0 Å². The van der Waals surface area contributed by atoms with Gasteiger partial charge in [0, 0.05) is 18.2 Å². The van der Waals surface area contributed by atoms with Gasteiger partial charge in [-0.1, -0.05) is 18.2 Å². The van der Waals surface area contributed by atoms with Crippen LogP contribution in [0.1, 0.15) is 12.0 Å². The predicted octanol–water partition coefficient (Wildman–Crippen LogP) is 2.45. The van der Waals surface area contributed by atoms with Crippen molar-refractivity contribution < 1.29 is 4.79 Å². The summed E-state index contributed by atoms with van der Waals surface area (Å²) in [6.45, 7) is 0. The van der Waals surface area contributed by atoms with Crippen molar-refractivity contribution in [2.75, 3.05) is 0 Å². The summed E-state index contributed by atoms with van der Waals surface area (Å²) >= 11 is 3.30. The number of carbonyl (C=O) groups excluding carboxylic acids is 1. The van der Waals surface area contributed by atoms with E-state index >= 15 is 0 Å². The molecule has 1 aromatic rings. The Balaban J connectivity index is 2.74. The summed E-state index contributed by atoms with van der Waals surface area (Å²) in [6.07, 6.45) is 6.68. The molecule has 2 nitrogen and oxygen atoms in total. The Morgan fingerprint density at radius 3 is 3.08 bits per heavy atom. The fourth-order valence-corrected chi connectivity index (χ4v) is 1.16. The monoisotopic (exact) mass is 225 g/mol. The molecule has 12 heavy (non-hydrogen) atoms. The Kier molecular flexibility index (Phi) is 3.67. The second-order valence-corrected chi connectivity index (χ2v) is 2.94. The molecule has 0 unspecified atom stereocenters. The molecule has 0 aliphatic heterocycles. The number of aromatic nitrogens is 1. The largest absolute Gasteiger partial charge is 0.303 e. The van der Waals surface area contributed by atoms with Crippen LogP contribution in [-0.4, -0.2) is 11.3 Å². The third kappa shape index (κ3) is 2.58. The van der Waals surface area contributed by atoms with Gasteiger partial charge in [0.2, 0.25) is 0 Å². The Bertz CT molecular complexity index is 296. The first kappa shape index (κ1) is 9.13. The first-order valence-corrected chi connectivity index (χ1v) is 4.34. The molecule has 1 rings (SSSR count). The molecule has 0 spiro atoms. The van der Waals surface area contributed by atoms with Gasteiger partial charge in [0.1, 0.15) is 10.9 Å². The van der Waals surface area contributed by atoms with E-state index in [1.54, 1.807) is 12.3 Å². The highest BCUT2D eigenvalue weighted by Crippen LogP contribution is 2.13. The van der Waals surface area contributed by atoms with Gasteiger partial charge in [-0.15, -0.1) is 0 Å². The normalized spacial score (nSPS) is 10.4. The highest BCUT2D eigenvalue weighted by Gasteiger charge is 1.92. The SMILES string of the molecule is O=CCC=Cc1cccnc1Br. The summed E-state index contributed by atoms with van der Waals surface area (Å²) in [5, 5.41) is 0. The van der Waals surface area contributed by atoms with Crippen LogP contribution in [0.5, 0.6) is 0 Å². The highest BCUT2D eigenvalue weighted by atomic mass is 79.9. The van der Waals surface area contributed by atoms with E-state index in [-0.39, 0.29) is 0 Å². The Hall–Kier alpha value is -0.960. The lowest BCUT2D eigenvalue weighted by Crippen LogP contribution is -1.78. The lowest BCUT2D eigenvalue weighted by Gasteiger charge is -1.93. The van der Waals surface area contributed by atoms with Gasteiger partial charge in [-0.2, -0.15) is 0 Å². The van der Waals surface area contributed by atoms with Crippen molar-refractivity contribution in [1.82, 2.24) is 4.98 Å². The molecule has 62 valence electrons. The van der Waals surface area contributed by atoms with E-state index in [9.17, 15) is 4.79 Å². The molecule has 0 amide bonds. The van der Waals surface area contributed by atoms with Gasteiger partial charge >= 0.3 is 0 Å². The van der Waals surface area contributed by atoms with Crippen molar-refractivity contribution in [2.45, 2.75) is 6.42 Å². The number of carbonyl (C=O) groups is 1. The van der Waals surface area contributed by atoms with E-state index in [0.717, 1.165) is 16.5 Å². The summed E-state index contributed by atoms with van der Waals surface area (Å²) in [7, 11) is 0. The lowest BCUT2D eigenvalue weighted by atomic mass is 10.2. The van der Waals surface area contributed by atoms with Gasteiger partial charge in [-0.05, 0) is 22.0 Å². The van der Waals surface area contributed by atoms with E-state index < -0.39 is 0 Å². The van der Waals surface area contributed by atoms with Crippen molar-refractivity contribution in [2.24, 2.45) is 0 Å². The number of nitrogens with zero attached hydrogens (tertiary/aromatic N) is 1. The van der Waals surface area contributed by atoms with Gasteiger partial charge in [0.05, 0.1) is 0 Å². The third-order valence-electron chi connectivity index (χ3n) is 1.32. The zero-order valence-electron chi connectivity index (χ0n) is 6.40. The standard InChI is InChI=1S/C9H8BrNO/c10-9-8(4-1-2-7-12)5-3-6-11-9/h1,3-7H,2H2. The third-order valence-corrected chi connectivity index (χ3v) is 1.98. The molecule has 0 saturated carbocycles. The van der Waals surface area contributed by atoms with Crippen LogP contribution in [0.3, 0.4) is 0 Å². The zero-order chi connectivity index (χ0) is 8.81. The van der Waals surface area contributed by atoms with E-state index in [1.165, 1.54) is 0 Å². The van der Waals surface area contributed by atoms with E-state index in [1.807, 2.05) is 18.2 Å². The quantitative estimate of drug-likeness (QED) is 0.585. The van der Waals surface area contributed by atoms with Gasteiger partial charge in [0.15, 0.2) is 0 Å². The average Bonchev–Trinajstić information content (AvgIpc) is 2.09. The summed E-state index contributed by atoms with van der Waals surface area (Å²) in [6, 6.07) is 3.78. The number of allylic oxidation sites excluding steroid dienone is 1. The lowest BCUT2D eigenvalue weighted by molar-refractivity contribution is -0.107. The molecule has 0 bridgehead atoms. The maximum Gasteiger partial charge on any atom is 0.123 e. The average molecular weight is 226 g/mol. The molecular weight excluding hydrogens is 218 g/mol. The molecule has 1 aromatic heterocycles. The molecule has 0 N–H and O–H groups in total. The number of pyridine rings is 1. The van der Waals surface area contributed by atoms with Crippen LogP contribution in [0.25, 0.3) is 6.08 Å². The summed E-state index contributed by atoms with van der Waals surface area (Å²) in [5.74, 6) is 0. The maximum absolute atomic E-state index is 10.0. The predicted molar refractivity (Wildman–Crippen MR) is 51.7 cm³/mol. The summed E-state index contributed by atoms with van der Waals surface area (Å²) in [4.78, 5) is 14.0.